The van der Waals surface area contributed by atoms with Gasteiger partial charge in [-0.1, -0.05) is 19.9 Å². The van der Waals surface area contributed by atoms with E-state index in [9.17, 15) is 0 Å². The average molecular weight is 289 g/mol. The molecule has 5 heteroatoms. The maximum atomic E-state index is 6.18. The zero-order valence-electron chi connectivity index (χ0n) is 13.3. The Morgan fingerprint density at radius 2 is 1.95 bits per heavy atom. The van der Waals surface area contributed by atoms with Gasteiger partial charge in [0.05, 0.1) is 14.2 Å². The lowest BCUT2D eigenvalue weighted by molar-refractivity contribution is 0.356. The van der Waals surface area contributed by atoms with Gasteiger partial charge in [-0.25, -0.2) is 0 Å². The van der Waals surface area contributed by atoms with Crippen molar-refractivity contribution in [2.45, 2.75) is 20.3 Å². The Labute approximate surface area is 125 Å². The number of aromatic nitrogens is 2. The molecular formula is C16H23N3O2. The maximum Gasteiger partial charge on any atom is 0.170 e. The molecule has 0 saturated heterocycles. The standard InChI is InChI=1S/C16H23N3O2/c1-10(2)9-12-14(18-19(3)16(12)17)11-7-6-8-13(20-4)15(11)21-5/h6-8,10H,9,17H2,1-5H3. The summed E-state index contributed by atoms with van der Waals surface area (Å²) in [6, 6.07) is 5.78. The summed E-state index contributed by atoms with van der Waals surface area (Å²) < 4.78 is 12.6. The summed E-state index contributed by atoms with van der Waals surface area (Å²) in [5.41, 5.74) is 9.00. The molecule has 1 heterocycles. The van der Waals surface area contributed by atoms with E-state index in [0.29, 0.717) is 23.2 Å². The van der Waals surface area contributed by atoms with Gasteiger partial charge in [0, 0.05) is 18.2 Å². The zero-order chi connectivity index (χ0) is 15.6. The fourth-order valence-electron chi connectivity index (χ4n) is 2.48. The highest BCUT2D eigenvalue weighted by Crippen LogP contribution is 2.40. The Hall–Kier alpha value is -2.17. The van der Waals surface area contributed by atoms with Crippen LogP contribution in [0, 0.1) is 5.92 Å². The van der Waals surface area contributed by atoms with E-state index in [-0.39, 0.29) is 0 Å². The molecule has 0 radical (unpaired) electrons. The Morgan fingerprint density at radius 1 is 1.24 bits per heavy atom. The zero-order valence-corrected chi connectivity index (χ0v) is 13.3. The van der Waals surface area contributed by atoms with Crippen LogP contribution in [-0.4, -0.2) is 24.0 Å². The summed E-state index contributed by atoms with van der Waals surface area (Å²) in [7, 11) is 5.12. The number of para-hydroxylation sites is 1. The Morgan fingerprint density at radius 3 is 2.52 bits per heavy atom. The van der Waals surface area contributed by atoms with E-state index in [2.05, 4.69) is 18.9 Å². The second kappa shape index (κ2) is 6.08. The molecule has 1 aromatic heterocycles. The van der Waals surface area contributed by atoms with E-state index in [1.807, 2.05) is 25.2 Å². The summed E-state index contributed by atoms with van der Waals surface area (Å²) in [4.78, 5) is 0. The highest BCUT2D eigenvalue weighted by atomic mass is 16.5. The number of nitrogen functional groups attached to an aromatic ring is 1. The van der Waals surface area contributed by atoms with Gasteiger partial charge in [0.15, 0.2) is 11.5 Å². The Bertz CT molecular complexity index is 633. The van der Waals surface area contributed by atoms with Crippen molar-refractivity contribution in [1.82, 2.24) is 9.78 Å². The third-order valence-electron chi connectivity index (χ3n) is 3.46. The molecule has 21 heavy (non-hydrogen) atoms. The number of hydrogen-bond acceptors (Lipinski definition) is 4. The van der Waals surface area contributed by atoms with Crippen LogP contribution in [0.2, 0.25) is 0 Å². The number of nitrogens with zero attached hydrogens (tertiary/aromatic N) is 2. The number of methoxy groups -OCH3 is 2. The minimum absolute atomic E-state index is 0.492. The van der Waals surface area contributed by atoms with Crippen molar-refractivity contribution in [1.29, 1.82) is 0 Å². The first-order valence-electron chi connectivity index (χ1n) is 7.02. The molecule has 5 nitrogen and oxygen atoms in total. The normalized spacial score (nSPS) is 11.0. The summed E-state index contributed by atoms with van der Waals surface area (Å²) >= 11 is 0. The number of benzene rings is 1. The number of aryl methyl sites for hydroxylation is 1. The van der Waals surface area contributed by atoms with Gasteiger partial charge in [-0.3, -0.25) is 4.68 Å². The molecular weight excluding hydrogens is 266 g/mol. The van der Waals surface area contributed by atoms with Crippen LogP contribution in [0.1, 0.15) is 19.4 Å². The maximum absolute atomic E-state index is 6.18. The number of nitrogens with two attached hydrogens (primary N) is 1. The van der Waals surface area contributed by atoms with Crippen molar-refractivity contribution in [2.24, 2.45) is 13.0 Å². The van der Waals surface area contributed by atoms with Gasteiger partial charge < -0.3 is 15.2 Å². The van der Waals surface area contributed by atoms with Gasteiger partial charge in [-0.2, -0.15) is 5.10 Å². The van der Waals surface area contributed by atoms with Crippen molar-refractivity contribution >= 4 is 5.82 Å². The van der Waals surface area contributed by atoms with E-state index >= 15 is 0 Å². The molecule has 0 aliphatic carbocycles. The van der Waals surface area contributed by atoms with Crippen LogP contribution in [0.15, 0.2) is 18.2 Å². The molecule has 0 atom stereocenters. The highest BCUT2D eigenvalue weighted by Gasteiger charge is 2.21. The smallest absolute Gasteiger partial charge is 0.170 e. The fourth-order valence-corrected chi connectivity index (χ4v) is 2.48. The van der Waals surface area contributed by atoms with Gasteiger partial charge in [0.2, 0.25) is 0 Å². The van der Waals surface area contributed by atoms with E-state index in [0.717, 1.165) is 23.2 Å². The van der Waals surface area contributed by atoms with Crippen molar-refractivity contribution in [2.75, 3.05) is 20.0 Å². The van der Waals surface area contributed by atoms with Gasteiger partial charge in [-0.05, 0) is 24.5 Å². The van der Waals surface area contributed by atoms with Crippen molar-refractivity contribution < 1.29 is 9.47 Å². The van der Waals surface area contributed by atoms with Crippen LogP contribution in [0.4, 0.5) is 5.82 Å². The van der Waals surface area contributed by atoms with Gasteiger partial charge in [0.25, 0.3) is 0 Å². The van der Waals surface area contributed by atoms with Gasteiger partial charge in [-0.15, -0.1) is 0 Å². The minimum atomic E-state index is 0.492. The third-order valence-corrected chi connectivity index (χ3v) is 3.46. The van der Waals surface area contributed by atoms with E-state index in [1.54, 1.807) is 18.9 Å². The topological polar surface area (TPSA) is 62.3 Å². The molecule has 0 fully saturated rings. The quantitative estimate of drug-likeness (QED) is 0.919. The van der Waals surface area contributed by atoms with Crippen LogP contribution in [0.3, 0.4) is 0 Å². The molecule has 2 aromatic rings. The second-order valence-electron chi connectivity index (χ2n) is 5.48. The lowest BCUT2D eigenvalue weighted by atomic mass is 9.98. The van der Waals surface area contributed by atoms with Crippen LogP contribution in [0.5, 0.6) is 11.5 Å². The molecule has 0 aliphatic heterocycles. The number of ether oxygens (including phenoxy) is 2. The van der Waals surface area contributed by atoms with Crippen LogP contribution in [-0.2, 0) is 13.5 Å². The molecule has 0 amide bonds. The summed E-state index contributed by atoms with van der Waals surface area (Å²) in [5, 5.41) is 4.57. The first-order chi connectivity index (χ1) is 9.99. The molecule has 0 spiro atoms. The molecule has 114 valence electrons. The number of hydrogen-bond donors (Lipinski definition) is 1. The van der Waals surface area contributed by atoms with E-state index in [1.165, 1.54) is 0 Å². The van der Waals surface area contributed by atoms with Crippen molar-refractivity contribution in [3.8, 4) is 22.8 Å². The van der Waals surface area contributed by atoms with Crippen molar-refractivity contribution in [3.05, 3.63) is 23.8 Å². The fraction of sp³-hybridized carbons (Fsp3) is 0.438. The number of rotatable bonds is 5. The van der Waals surface area contributed by atoms with Crippen molar-refractivity contribution in [3.63, 3.8) is 0 Å². The molecule has 0 bridgehead atoms. The average Bonchev–Trinajstić information content (AvgIpc) is 2.74. The lowest BCUT2D eigenvalue weighted by Gasteiger charge is -2.13. The molecule has 1 aromatic carbocycles. The molecule has 0 saturated carbocycles. The Balaban J connectivity index is 2.64. The van der Waals surface area contributed by atoms with Gasteiger partial charge >= 0.3 is 0 Å². The third kappa shape index (κ3) is 2.82. The first kappa shape index (κ1) is 15.2. The highest BCUT2D eigenvalue weighted by molar-refractivity contribution is 5.76. The van der Waals surface area contributed by atoms with E-state index < -0.39 is 0 Å². The largest absolute Gasteiger partial charge is 0.493 e. The summed E-state index contributed by atoms with van der Waals surface area (Å²) in [6.07, 6.45) is 0.870. The number of anilines is 1. The summed E-state index contributed by atoms with van der Waals surface area (Å²) in [6.45, 7) is 4.33. The SMILES string of the molecule is COc1cccc(-c2nn(C)c(N)c2CC(C)C)c1OC. The summed E-state index contributed by atoms with van der Waals surface area (Å²) in [5.74, 6) is 2.56. The molecule has 2 rings (SSSR count). The predicted molar refractivity (Wildman–Crippen MR) is 84.7 cm³/mol. The minimum Gasteiger partial charge on any atom is -0.493 e. The molecule has 0 unspecified atom stereocenters. The van der Waals surface area contributed by atoms with E-state index in [4.69, 9.17) is 15.2 Å². The molecule has 0 aliphatic rings. The monoisotopic (exact) mass is 289 g/mol. The van der Waals surface area contributed by atoms with Crippen LogP contribution >= 0.6 is 0 Å². The first-order valence-corrected chi connectivity index (χ1v) is 7.02. The predicted octanol–water partition coefficient (Wildman–Crippen LogP) is 2.89. The lowest BCUT2D eigenvalue weighted by Crippen LogP contribution is -2.02. The second-order valence-corrected chi connectivity index (χ2v) is 5.48. The van der Waals surface area contributed by atoms with Gasteiger partial charge in [0.1, 0.15) is 11.5 Å². The Kier molecular flexibility index (Phi) is 4.40. The van der Waals surface area contributed by atoms with Crippen LogP contribution in [0.25, 0.3) is 11.3 Å². The van der Waals surface area contributed by atoms with Crippen LogP contribution < -0.4 is 15.2 Å². The molecule has 2 N–H and O–H groups in total.